The molecule has 136 valence electrons. The molecular weight excluding hydrogens is 380 g/mol. The van der Waals surface area contributed by atoms with Crippen LogP contribution in [0.3, 0.4) is 0 Å². The van der Waals surface area contributed by atoms with E-state index in [2.05, 4.69) is 22.3 Å². The van der Waals surface area contributed by atoms with Gasteiger partial charge in [0.15, 0.2) is 5.78 Å². The number of hydrogen-bond donors (Lipinski definition) is 0. The lowest BCUT2D eigenvalue weighted by Gasteiger charge is -2.07. The summed E-state index contributed by atoms with van der Waals surface area (Å²) in [5.74, 6) is 0.102. The first-order chi connectivity index (χ1) is 13.2. The summed E-state index contributed by atoms with van der Waals surface area (Å²) in [7, 11) is 0. The van der Waals surface area contributed by atoms with Crippen molar-refractivity contribution in [1.82, 2.24) is 4.98 Å². The monoisotopic (exact) mass is 396 g/mol. The standard InChI is InChI=1S/C21H17ClN2O2S/c22-21-10-9-20(27-21)19(25)8-7-17-12-18(24-26-17)15-5-3-14(4-6-15)16-2-1-11-23-13-16/h1-6,9-11,13,17H,7-8,12H2. The van der Waals surface area contributed by atoms with Gasteiger partial charge in [0, 0.05) is 25.2 Å². The number of pyridine rings is 1. The van der Waals surface area contributed by atoms with Gasteiger partial charge in [-0.2, -0.15) is 0 Å². The van der Waals surface area contributed by atoms with Gasteiger partial charge >= 0.3 is 0 Å². The predicted octanol–water partition coefficient (Wildman–Crippen LogP) is 5.62. The molecule has 4 rings (SSSR count). The molecule has 1 aliphatic rings. The minimum absolute atomic E-state index is 0.0580. The Hall–Kier alpha value is -2.50. The highest BCUT2D eigenvalue weighted by molar-refractivity contribution is 7.18. The number of ketones is 1. The summed E-state index contributed by atoms with van der Waals surface area (Å²) in [5.41, 5.74) is 4.16. The molecule has 0 bridgehead atoms. The zero-order valence-electron chi connectivity index (χ0n) is 14.5. The van der Waals surface area contributed by atoms with Gasteiger partial charge in [0.2, 0.25) is 0 Å². The average molecular weight is 397 g/mol. The third kappa shape index (κ3) is 4.26. The van der Waals surface area contributed by atoms with Gasteiger partial charge in [-0.05, 0) is 41.3 Å². The van der Waals surface area contributed by atoms with Crippen molar-refractivity contribution in [3.63, 3.8) is 0 Å². The summed E-state index contributed by atoms with van der Waals surface area (Å²) < 4.78 is 0.635. The third-order valence-electron chi connectivity index (χ3n) is 4.49. The van der Waals surface area contributed by atoms with E-state index in [1.54, 1.807) is 18.3 Å². The van der Waals surface area contributed by atoms with Gasteiger partial charge in [-0.15, -0.1) is 11.3 Å². The van der Waals surface area contributed by atoms with E-state index in [0.29, 0.717) is 28.5 Å². The van der Waals surface area contributed by atoms with Crippen LogP contribution in [-0.4, -0.2) is 22.6 Å². The van der Waals surface area contributed by atoms with Crippen LogP contribution < -0.4 is 0 Å². The Balaban J connectivity index is 1.33. The van der Waals surface area contributed by atoms with Gasteiger partial charge in [-0.1, -0.05) is 47.1 Å². The van der Waals surface area contributed by atoms with E-state index in [-0.39, 0.29) is 11.9 Å². The molecule has 1 aromatic carbocycles. The smallest absolute Gasteiger partial charge is 0.172 e. The summed E-state index contributed by atoms with van der Waals surface area (Å²) in [6.07, 6.45) is 5.35. The molecule has 0 fully saturated rings. The molecule has 0 radical (unpaired) electrons. The van der Waals surface area contributed by atoms with E-state index < -0.39 is 0 Å². The van der Waals surface area contributed by atoms with Gasteiger partial charge in [-0.3, -0.25) is 9.78 Å². The van der Waals surface area contributed by atoms with Crippen LogP contribution in [0.4, 0.5) is 0 Å². The molecule has 0 aliphatic carbocycles. The Morgan fingerprint density at radius 1 is 1.11 bits per heavy atom. The summed E-state index contributed by atoms with van der Waals surface area (Å²) in [6.45, 7) is 0. The summed E-state index contributed by atoms with van der Waals surface area (Å²) in [4.78, 5) is 22.6. The van der Waals surface area contributed by atoms with Crippen molar-refractivity contribution in [2.45, 2.75) is 25.4 Å². The van der Waals surface area contributed by atoms with Crippen molar-refractivity contribution in [2.75, 3.05) is 0 Å². The minimum Gasteiger partial charge on any atom is -0.392 e. The Labute approximate surface area is 166 Å². The maximum absolute atomic E-state index is 12.2. The fourth-order valence-electron chi connectivity index (χ4n) is 3.02. The lowest BCUT2D eigenvalue weighted by molar-refractivity contribution is 0.0720. The largest absolute Gasteiger partial charge is 0.392 e. The summed E-state index contributed by atoms with van der Waals surface area (Å²) >= 11 is 7.21. The van der Waals surface area contributed by atoms with Gasteiger partial charge < -0.3 is 4.84 Å². The SMILES string of the molecule is O=C(CCC1CC(c2ccc(-c3cccnc3)cc2)=NO1)c1ccc(Cl)s1. The quantitative estimate of drug-likeness (QED) is 0.508. The van der Waals surface area contributed by atoms with Gasteiger partial charge in [0.1, 0.15) is 6.10 Å². The number of Topliss-reactive ketones (excluding diaryl/α,β-unsaturated/α-hetero) is 1. The van der Waals surface area contributed by atoms with Crippen LogP contribution in [0.2, 0.25) is 4.34 Å². The normalized spacial score (nSPS) is 16.0. The molecule has 3 heterocycles. The van der Waals surface area contributed by atoms with Crippen LogP contribution in [-0.2, 0) is 4.84 Å². The van der Waals surface area contributed by atoms with Crippen molar-refractivity contribution in [3.8, 4) is 11.1 Å². The molecule has 2 aromatic heterocycles. The summed E-state index contributed by atoms with van der Waals surface area (Å²) in [5, 5.41) is 4.22. The molecule has 27 heavy (non-hydrogen) atoms. The zero-order valence-corrected chi connectivity index (χ0v) is 16.0. The van der Waals surface area contributed by atoms with E-state index in [0.717, 1.165) is 22.4 Å². The molecular formula is C21H17ClN2O2S. The van der Waals surface area contributed by atoms with Crippen molar-refractivity contribution in [1.29, 1.82) is 0 Å². The van der Waals surface area contributed by atoms with Gasteiger partial charge in [0.25, 0.3) is 0 Å². The fourth-order valence-corrected chi connectivity index (χ4v) is 4.03. The lowest BCUT2D eigenvalue weighted by atomic mass is 9.99. The van der Waals surface area contributed by atoms with E-state index in [9.17, 15) is 4.79 Å². The molecule has 3 aromatic rings. The van der Waals surface area contributed by atoms with Gasteiger partial charge in [0.05, 0.1) is 14.9 Å². The number of aromatic nitrogens is 1. The highest BCUT2D eigenvalue weighted by Crippen LogP contribution is 2.26. The van der Waals surface area contributed by atoms with E-state index >= 15 is 0 Å². The number of nitrogens with zero attached hydrogens (tertiary/aromatic N) is 2. The van der Waals surface area contributed by atoms with Crippen LogP contribution in [0.1, 0.15) is 34.5 Å². The van der Waals surface area contributed by atoms with E-state index in [4.69, 9.17) is 16.4 Å². The second-order valence-corrected chi connectivity index (χ2v) is 8.07. The minimum atomic E-state index is -0.0580. The van der Waals surface area contributed by atoms with Crippen molar-refractivity contribution < 1.29 is 9.63 Å². The van der Waals surface area contributed by atoms with Crippen LogP contribution >= 0.6 is 22.9 Å². The van der Waals surface area contributed by atoms with Crippen LogP contribution in [0.15, 0.2) is 66.1 Å². The third-order valence-corrected chi connectivity index (χ3v) is 5.76. The van der Waals surface area contributed by atoms with Crippen LogP contribution in [0.5, 0.6) is 0 Å². The van der Waals surface area contributed by atoms with Crippen LogP contribution in [0, 0.1) is 0 Å². The number of benzene rings is 1. The Bertz CT molecular complexity index is 967. The Kier molecular flexibility index (Phi) is 5.32. The number of carbonyl (C=O) groups excluding carboxylic acids is 1. The van der Waals surface area contributed by atoms with E-state index in [1.165, 1.54) is 11.3 Å². The average Bonchev–Trinajstić information content (AvgIpc) is 3.36. The second kappa shape index (κ2) is 8.03. The number of rotatable bonds is 6. The molecule has 0 saturated carbocycles. The molecule has 0 spiro atoms. The highest BCUT2D eigenvalue weighted by atomic mass is 35.5. The Morgan fingerprint density at radius 2 is 1.93 bits per heavy atom. The van der Waals surface area contributed by atoms with Gasteiger partial charge in [-0.25, -0.2) is 0 Å². The number of carbonyl (C=O) groups is 1. The maximum Gasteiger partial charge on any atom is 0.172 e. The Morgan fingerprint density at radius 3 is 2.63 bits per heavy atom. The predicted molar refractivity (Wildman–Crippen MR) is 109 cm³/mol. The first-order valence-corrected chi connectivity index (χ1v) is 9.90. The van der Waals surface area contributed by atoms with Crippen molar-refractivity contribution in [2.24, 2.45) is 5.16 Å². The number of thiophene rings is 1. The first kappa shape index (κ1) is 17.9. The molecule has 0 saturated heterocycles. The molecule has 1 aliphatic heterocycles. The van der Waals surface area contributed by atoms with Crippen molar-refractivity contribution >= 4 is 34.4 Å². The maximum atomic E-state index is 12.2. The highest BCUT2D eigenvalue weighted by Gasteiger charge is 2.23. The van der Waals surface area contributed by atoms with Crippen molar-refractivity contribution in [3.05, 3.63) is 75.7 Å². The zero-order chi connectivity index (χ0) is 18.6. The molecule has 1 unspecified atom stereocenters. The molecule has 0 amide bonds. The summed E-state index contributed by atoms with van der Waals surface area (Å²) in [6, 6.07) is 15.7. The fraction of sp³-hybridized carbons (Fsp3) is 0.190. The molecule has 4 nitrogen and oxygen atoms in total. The number of hydrogen-bond acceptors (Lipinski definition) is 5. The van der Waals surface area contributed by atoms with Crippen LogP contribution in [0.25, 0.3) is 11.1 Å². The number of oxime groups is 1. The van der Waals surface area contributed by atoms with E-state index in [1.807, 2.05) is 30.5 Å². The topological polar surface area (TPSA) is 51.5 Å². The lowest BCUT2D eigenvalue weighted by Crippen LogP contribution is -2.11. The molecule has 6 heteroatoms. The number of halogens is 1. The molecule has 1 atom stereocenters. The first-order valence-electron chi connectivity index (χ1n) is 8.71. The molecule has 0 N–H and O–H groups in total. The second-order valence-electron chi connectivity index (χ2n) is 6.35.